The highest BCUT2D eigenvalue weighted by Gasteiger charge is 2.29. The number of imide groups is 1. The van der Waals surface area contributed by atoms with Crippen LogP contribution in [0, 0.1) is 11.3 Å². The van der Waals surface area contributed by atoms with Crippen molar-refractivity contribution in [2.45, 2.75) is 0 Å². The Kier molecular flexibility index (Phi) is 2.64. The van der Waals surface area contributed by atoms with Gasteiger partial charge < -0.3 is 0 Å². The lowest BCUT2D eigenvalue weighted by Crippen LogP contribution is -2.34. The van der Waals surface area contributed by atoms with Gasteiger partial charge >= 0.3 is 0 Å². The summed E-state index contributed by atoms with van der Waals surface area (Å²) in [4.78, 5) is 25.0. The first-order valence-corrected chi connectivity index (χ1v) is 8.81. The highest BCUT2D eigenvalue weighted by Crippen LogP contribution is 2.43. The number of fused-ring (bicyclic) bond motifs is 2. The van der Waals surface area contributed by atoms with Crippen LogP contribution in [0.5, 0.6) is 0 Å². The number of nitriles is 1. The monoisotopic (exact) mass is 356 g/mol. The predicted octanol–water partition coefficient (Wildman–Crippen LogP) is 3.29. The zero-order valence-corrected chi connectivity index (χ0v) is 14.5. The van der Waals surface area contributed by atoms with E-state index in [9.17, 15) is 14.9 Å². The van der Waals surface area contributed by atoms with Crippen LogP contribution in [0.25, 0.3) is 43.1 Å². The molecule has 0 aromatic heterocycles. The fraction of sp³-hybridized carbons (Fsp3) is 0. The van der Waals surface area contributed by atoms with E-state index in [0.717, 1.165) is 37.7 Å². The molecule has 1 aliphatic rings. The highest BCUT2D eigenvalue weighted by atomic mass is 16.2. The van der Waals surface area contributed by atoms with Gasteiger partial charge in [-0.3, -0.25) is 14.9 Å². The third-order valence-corrected chi connectivity index (χ3v) is 5.74. The summed E-state index contributed by atoms with van der Waals surface area (Å²) in [5.74, 6) is -0.910. The molecule has 0 fully saturated rings. The van der Waals surface area contributed by atoms with Crippen molar-refractivity contribution in [3.63, 3.8) is 0 Å². The summed E-state index contributed by atoms with van der Waals surface area (Å²) in [5, 5.41) is 18.9. The first-order chi connectivity index (χ1) is 13.6. The Hall–Kier alpha value is -3.91. The zero-order chi connectivity index (χ0) is 19.2. The van der Waals surface area contributed by atoms with E-state index in [4.69, 9.17) is 7.85 Å². The van der Waals surface area contributed by atoms with Crippen molar-refractivity contribution in [2.75, 3.05) is 0 Å². The molecule has 28 heavy (non-hydrogen) atoms. The molecular formula is C23H9BN2O2. The maximum Gasteiger partial charge on any atom is 0.258 e. The average molecular weight is 356 g/mol. The third-order valence-electron chi connectivity index (χ3n) is 5.74. The van der Waals surface area contributed by atoms with E-state index in [1.807, 2.05) is 36.4 Å². The second-order valence-electron chi connectivity index (χ2n) is 7.09. The molecule has 0 saturated heterocycles. The Bertz CT molecular complexity index is 1590. The normalized spacial score (nSPS) is 13.5. The molecule has 0 spiro atoms. The summed E-state index contributed by atoms with van der Waals surface area (Å²) in [7, 11) is 6.37. The summed E-state index contributed by atoms with van der Waals surface area (Å²) in [6, 6.07) is 17.2. The maximum atomic E-state index is 12.5. The summed E-state index contributed by atoms with van der Waals surface area (Å²) in [5.41, 5.74) is 1.81. The topological polar surface area (TPSA) is 70.0 Å². The maximum absolute atomic E-state index is 12.5. The molecule has 2 amide bonds. The average Bonchev–Trinajstić information content (AvgIpc) is 2.71. The fourth-order valence-corrected chi connectivity index (χ4v) is 4.64. The van der Waals surface area contributed by atoms with Crippen LogP contribution < -0.4 is 10.8 Å². The van der Waals surface area contributed by atoms with E-state index in [0.29, 0.717) is 27.5 Å². The standard InChI is InChI=1S/C23H9BN2O2/c24-16-7-4-10-2-1-3-12-17(10)20(16)13-5-6-14-19-15(23(28)26-22(14)27)8-11(9-25)18(12)21(13)19/h1-8H,(H,26,27,28). The van der Waals surface area contributed by atoms with Crippen LogP contribution in [0.3, 0.4) is 0 Å². The van der Waals surface area contributed by atoms with E-state index >= 15 is 0 Å². The summed E-state index contributed by atoms with van der Waals surface area (Å²) >= 11 is 0. The molecule has 0 unspecified atom stereocenters. The lowest BCUT2D eigenvalue weighted by molar-refractivity contribution is 0.0845. The van der Waals surface area contributed by atoms with Crippen molar-refractivity contribution >= 4 is 68.2 Å². The number of nitrogens with zero attached hydrogens (tertiary/aromatic N) is 1. The molecule has 0 aliphatic carbocycles. The van der Waals surface area contributed by atoms with E-state index in [-0.39, 0.29) is 0 Å². The van der Waals surface area contributed by atoms with Crippen LogP contribution in [-0.2, 0) is 0 Å². The quantitative estimate of drug-likeness (QED) is 0.200. The summed E-state index contributed by atoms with van der Waals surface area (Å²) in [6.45, 7) is 0. The van der Waals surface area contributed by atoms with Gasteiger partial charge in [-0.2, -0.15) is 5.26 Å². The third kappa shape index (κ3) is 1.61. The number of carbonyl (C=O) groups is 2. The lowest BCUT2D eigenvalue weighted by atomic mass is 9.79. The molecule has 1 aliphatic heterocycles. The van der Waals surface area contributed by atoms with E-state index in [1.54, 1.807) is 12.1 Å². The molecule has 0 saturated carbocycles. The SMILES string of the molecule is [B]c1ccc2cccc3c4c(C#N)cc5c6c(ccc(c1c23)c64)C(=O)NC5=O. The molecule has 1 N–H and O–H groups in total. The smallest absolute Gasteiger partial charge is 0.258 e. The highest BCUT2D eigenvalue weighted by molar-refractivity contribution is 6.48. The molecular weight excluding hydrogens is 347 g/mol. The van der Waals surface area contributed by atoms with Crippen molar-refractivity contribution in [1.82, 2.24) is 5.32 Å². The molecule has 5 heteroatoms. The number of hydrogen-bond acceptors (Lipinski definition) is 3. The van der Waals surface area contributed by atoms with Gasteiger partial charge in [0.15, 0.2) is 0 Å². The Balaban J connectivity index is 2.09. The molecule has 5 aromatic carbocycles. The minimum absolute atomic E-state index is 0.344. The van der Waals surface area contributed by atoms with Crippen LogP contribution in [0.2, 0.25) is 0 Å². The summed E-state index contributed by atoms with van der Waals surface area (Å²) < 4.78 is 0. The molecule has 2 radical (unpaired) electrons. The van der Waals surface area contributed by atoms with Crippen LogP contribution >= 0.6 is 0 Å². The molecule has 6 rings (SSSR count). The second kappa shape index (κ2) is 4.87. The van der Waals surface area contributed by atoms with Gasteiger partial charge in [-0.1, -0.05) is 41.9 Å². The number of carbonyl (C=O) groups excluding carboxylic acids is 2. The van der Waals surface area contributed by atoms with Crippen molar-refractivity contribution in [3.05, 3.63) is 65.2 Å². The Labute approximate surface area is 160 Å². The fourth-order valence-electron chi connectivity index (χ4n) is 4.64. The number of rotatable bonds is 0. The van der Waals surface area contributed by atoms with Crippen LogP contribution in [0.15, 0.2) is 48.5 Å². The minimum atomic E-state index is -0.484. The van der Waals surface area contributed by atoms with E-state index < -0.39 is 11.8 Å². The number of nitrogens with one attached hydrogen (secondary N) is 1. The van der Waals surface area contributed by atoms with Gasteiger partial charge in [0, 0.05) is 27.3 Å². The molecule has 126 valence electrons. The van der Waals surface area contributed by atoms with Crippen LogP contribution in [-0.4, -0.2) is 19.7 Å². The van der Waals surface area contributed by atoms with Crippen molar-refractivity contribution in [3.8, 4) is 6.07 Å². The number of benzene rings is 5. The zero-order valence-electron chi connectivity index (χ0n) is 14.5. The number of amides is 2. The molecule has 4 nitrogen and oxygen atoms in total. The molecule has 0 bridgehead atoms. The van der Waals surface area contributed by atoms with Crippen molar-refractivity contribution < 1.29 is 9.59 Å². The van der Waals surface area contributed by atoms with Crippen molar-refractivity contribution in [1.29, 1.82) is 5.26 Å². The van der Waals surface area contributed by atoms with Gasteiger partial charge in [0.1, 0.15) is 7.85 Å². The van der Waals surface area contributed by atoms with Gasteiger partial charge in [0.25, 0.3) is 11.8 Å². The van der Waals surface area contributed by atoms with Gasteiger partial charge in [-0.05, 0) is 39.1 Å². The van der Waals surface area contributed by atoms with Gasteiger partial charge in [0.05, 0.1) is 11.6 Å². The Morgan fingerprint density at radius 3 is 2.39 bits per heavy atom. The van der Waals surface area contributed by atoms with E-state index in [1.165, 1.54) is 0 Å². The number of hydrogen-bond donors (Lipinski definition) is 1. The Morgan fingerprint density at radius 2 is 1.57 bits per heavy atom. The van der Waals surface area contributed by atoms with Crippen LogP contribution in [0.1, 0.15) is 26.3 Å². The van der Waals surface area contributed by atoms with Gasteiger partial charge in [0.2, 0.25) is 0 Å². The largest absolute Gasteiger partial charge is 0.288 e. The van der Waals surface area contributed by atoms with E-state index in [2.05, 4.69) is 11.4 Å². The summed E-state index contributed by atoms with van der Waals surface area (Å²) in [6.07, 6.45) is 0. The Morgan fingerprint density at radius 1 is 0.786 bits per heavy atom. The van der Waals surface area contributed by atoms with Gasteiger partial charge in [-0.15, -0.1) is 0 Å². The first kappa shape index (κ1) is 15.2. The minimum Gasteiger partial charge on any atom is -0.288 e. The molecule has 5 aromatic rings. The second-order valence-corrected chi connectivity index (χ2v) is 7.09. The van der Waals surface area contributed by atoms with Crippen LogP contribution in [0.4, 0.5) is 0 Å². The predicted molar refractivity (Wildman–Crippen MR) is 110 cm³/mol. The van der Waals surface area contributed by atoms with Crippen molar-refractivity contribution in [2.24, 2.45) is 0 Å². The molecule has 0 atom stereocenters. The molecule has 1 heterocycles. The van der Waals surface area contributed by atoms with Gasteiger partial charge in [-0.25, -0.2) is 0 Å². The first-order valence-electron chi connectivity index (χ1n) is 8.81. The lowest BCUT2D eigenvalue weighted by Gasteiger charge is -2.22.